The Balaban J connectivity index is 1.33. The van der Waals surface area contributed by atoms with Crippen molar-refractivity contribution >= 4 is 35.0 Å². The molecule has 0 spiro atoms. The van der Waals surface area contributed by atoms with Crippen molar-refractivity contribution in [1.29, 1.82) is 0 Å². The van der Waals surface area contributed by atoms with Crippen LogP contribution in [0.15, 0.2) is 60.7 Å². The van der Waals surface area contributed by atoms with Gasteiger partial charge in [-0.15, -0.1) is 0 Å². The summed E-state index contributed by atoms with van der Waals surface area (Å²) in [5, 5.41) is 0.526. The zero-order chi connectivity index (χ0) is 22.9. The van der Waals surface area contributed by atoms with Crippen molar-refractivity contribution in [3.63, 3.8) is 0 Å². The molecule has 2 aromatic rings. The molecule has 33 heavy (non-hydrogen) atoms. The van der Waals surface area contributed by atoms with E-state index < -0.39 is 0 Å². The Morgan fingerprint density at radius 3 is 2.09 bits per heavy atom. The normalized spacial score (nSPS) is 30.8. The molecule has 6 nitrogen and oxygen atoms in total. The summed E-state index contributed by atoms with van der Waals surface area (Å²) in [5.41, 5.74) is 1.00. The maximum Gasteiger partial charge on any atom is 0.259 e. The van der Waals surface area contributed by atoms with Gasteiger partial charge >= 0.3 is 0 Å². The van der Waals surface area contributed by atoms with Gasteiger partial charge in [0.15, 0.2) is 0 Å². The molecule has 4 aliphatic carbocycles. The van der Waals surface area contributed by atoms with Gasteiger partial charge in [0.05, 0.1) is 18.9 Å². The zero-order valence-electron chi connectivity index (χ0n) is 18.1. The molecule has 7 heteroatoms. The molecule has 2 aromatic carbocycles. The highest BCUT2D eigenvalue weighted by Crippen LogP contribution is 2.65. The van der Waals surface area contributed by atoms with E-state index in [9.17, 15) is 14.4 Å². The van der Waals surface area contributed by atoms with E-state index in [0.717, 1.165) is 6.42 Å². The fourth-order valence-corrected chi connectivity index (χ4v) is 6.20. The first-order valence-corrected chi connectivity index (χ1v) is 11.6. The van der Waals surface area contributed by atoms with Crippen LogP contribution in [0.4, 0.5) is 5.69 Å². The first-order chi connectivity index (χ1) is 16.0. The molecule has 0 aromatic heterocycles. The highest BCUT2D eigenvalue weighted by Gasteiger charge is 2.67. The van der Waals surface area contributed by atoms with Crippen molar-refractivity contribution in [2.75, 3.05) is 18.7 Å². The third-order valence-electron chi connectivity index (χ3n) is 7.76. The minimum atomic E-state index is -0.309. The van der Waals surface area contributed by atoms with Crippen LogP contribution in [0.5, 0.6) is 5.75 Å². The lowest BCUT2D eigenvalue weighted by atomic mass is 9.63. The summed E-state index contributed by atoms with van der Waals surface area (Å²) >= 11 is 6.00. The van der Waals surface area contributed by atoms with E-state index in [2.05, 4.69) is 12.2 Å². The molecule has 168 valence electrons. The second kappa shape index (κ2) is 7.45. The second-order valence-electron chi connectivity index (χ2n) is 9.34. The number of ether oxygens (including phenoxy) is 1. The molecule has 2 saturated carbocycles. The molecule has 0 unspecified atom stereocenters. The minimum Gasteiger partial charge on any atom is -0.497 e. The average Bonchev–Trinajstić information content (AvgIpc) is 3.63. The molecule has 0 radical (unpaired) electrons. The van der Waals surface area contributed by atoms with Crippen LogP contribution < -0.4 is 9.64 Å². The number of hydrogen-bond donors (Lipinski definition) is 0. The zero-order valence-corrected chi connectivity index (χ0v) is 18.8. The number of halogens is 1. The van der Waals surface area contributed by atoms with Crippen LogP contribution in [0.1, 0.15) is 16.8 Å². The van der Waals surface area contributed by atoms with Crippen LogP contribution in [0.25, 0.3) is 0 Å². The topological polar surface area (TPSA) is 66.9 Å². The van der Waals surface area contributed by atoms with Crippen LogP contribution >= 0.6 is 11.6 Å². The monoisotopic (exact) mass is 462 g/mol. The van der Waals surface area contributed by atoms with E-state index in [1.807, 2.05) is 0 Å². The maximum atomic E-state index is 13.5. The Morgan fingerprint density at radius 1 is 0.970 bits per heavy atom. The van der Waals surface area contributed by atoms with Gasteiger partial charge in [-0.1, -0.05) is 23.8 Å². The lowest BCUT2D eigenvalue weighted by Gasteiger charge is -2.37. The molecule has 2 bridgehead atoms. The van der Waals surface area contributed by atoms with E-state index >= 15 is 0 Å². The van der Waals surface area contributed by atoms with E-state index in [4.69, 9.17) is 16.3 Å². The third-order valence-corrected chi connectivity index (χ3v) is 8.01. The Bertz CT molecular complexity index is 1140. The van der Waals surface area contributed by atoms with Gasteiger partial charge in [0.1, 0.15) is 12.4 Å². The molecular weight excluding hydrogens is 440 g/mol. The number of amides is 3. The molecule has 1 heterocycles. The van der Waals surface area contributed by atoms with E-state index in [0.29, 0.717) is 33.9 Å². The van der Waals surface area contributed by atoms with Gasteiger partial charge in [0, 0.05) is 16.3 Å². The lowest BCUT2D eigenvalue weighted by Crippen LogP contribution is -2.45. The Hall–Kier alpha value is -3.12. The Labute approximate surface area is 196 Å². The van der Waals surface area contributed by atoms with Crippen LogP contribution in [-0.4, -0.2) is 36.4 Å². The average molecular weight is 463 g/mol. The van der Waals surface area contributed by atoms with Gasteiger partial charge in [0.2, 0.25) is 11.8 Å². The molecule has 0 N–H and O–H groups in total. The van der Waals surface area contributed by atoms with Crippen molar-refractivity contribution < 1.29 is 19.1 Å². The van der Waals surface area contributed by atoms with Crippen molar-refractivity contribution in [3.05, 3.63) is 71.3 Å². The standard InChI is InChI=1S/C26H23ClN2O4/c1-33-17-8-6-16(7-9-17)28(24(30)14-2-4-15(27)5-3-14)13-29-25(31)22-18-10-11-19(21-12-20(18)21)23(22)26(29)32/h2-11,18-23H,12-13H2,1H3/t18-,19-,20-,21+,22-,23+/m0/s1. The van der Waals surface area contributed by atoms with Crippen molar-refractivity contribution in [1.82, 2.24) is 4.90 Å². The second-order valence-corrected chi connectivity index (χ2v) is 9.78. The number of nitrogens with zero attached hydrogens (tertiary/aromatic N) is 2. The summed E-state index contributed by atoms with van der Waals surface area (Å²) in [6.45, 7) is -0.118. The smallest absolute Gasteiger partial charge is 0.259 e. The Kier molecular flexibility index (Phi) is 4.63. The minimum absolute atomic E-state index is 0.118. The molecule has 5 aliphatic rings. The van der Waals surface area contributed by atoms with Gasteiger partial charge in [-0.05, 0) is 78.6 Å². The number of allylic oxidation sites excluding steroid dienone is 2. The van der Waals surface area contributed by atoms with Gasteiger partial charge in [0.25, 0.3) is 5.91 Å². The maximum absolute atomic E-state index is 13.5. The molecule has 3 fully saturated rings. The molecular formula is C26H23ClN2O4. The summed E-state index contributed by atoms with van der Waals surface area (Å²) in [4.78, 5) is 43.2. The quantitative estimate of drug-likeness (QED) is 0.497. The van der Waals surface area contributed by atoms with Gasteiger partial charge in [-0.3, -0.25) is 24.2 Å². The fraction of sp³-hybridized carbons (Fsp3) is 0.346. The van der Waals surface area contributed by atoms with Crippen molar-refractivity contribution in [2.45, 2.75) is 6.42 Å². The van der Waals surface area contributed by atoms with Gasteiger partial charge in [-0.25, -0.2) is 0 Å². The SMILES string of the molecule is COc1ccc(N(CN2C(=O)[C@@H]3[C@H]4C=C[C@@H]([C@@H]5C[C@H]45)[C@@H]3C2=O)C(=O)c2ccc(Cl)cc2)cc1. The highest BCUT2D eigenvalue weighted by molar-refractivity contribution is 6.30. The number of rotatable bonds is 5. The fourth-order valence-electron chi connectivity index (χ4n) is 6.07. The molecule has 6 atom stereocenters. The third kappa shape index (κ3) is 3.11. The van der Waals surface area contributed by atoms with E-state index in [1.54, 1.807) is 55.6 Å². The summed E-state index contributed by atoms with van der Waals surface area (Å²) in [6, 6.07) is 13.6. The molecule has 7 rings (SSSR count). The summed E-state index contributed by atoms with van der Waals surface area (Å²) in [6.07, 6.45) is 5.41. The Morgan fingerprint density at radius 2 is 1.55 bits per heavy atom. The number of anilines is 1. The number of likely N-dealkylation sites (tertiary alicyclic amines) is 1. The van der Waals surface area contributed by atoms with E-state index in [-0.39, 0.29) is 48.1 Å². The lowest BCUT2D eigenvalue weighted by molar-refractivity contribution is -0.140. The van der Waals surface area contributed by atoms with Gasteiger partial charge < -0.3 is 4.74 Å². The predicted molar refractivity (Wildman–Crippen MR) is 123 cm³/mol. The first-order valence-electron chi connectivity index (χ1n) is 11.2. The number of methoxy groups -OCH3 is 1. The largest absolute Gasteiger partial charge is 0.497 e. The van der Waals surface area contributed by atoms with Crippen molar-refractivity contribution in [2.24, 2.45) is 35.5 Å². The number of carbonyl (C=O) groups excluding carboxylic acids is 3. The predicted octanol–water partition coefficient (Wildman–Crippen LogP) is 4.01. The van der Waals surface area contributed by atoms with Crippen LogP contribution in [0.3, 0.4) is 0 Å². The first kappa shape index (κ1) is 20.5. The number of benzene rings is 2. The van der Waals surface area contributed by atoms with Crippen LogP contribution in [-0.2, 0) is 9.59 Å². The van der Waals surface area contributed by atoms with Crippen LogP contribution in [0.2, 0.25) is 5.02 Å². The summed E-state index contributed by atoms with van der Waals surface area (Å²) in [5.74, 6) is 0.807. The molecule has 1 saturated heterocycles. The number of carbonyl (C=O) groups is 3. The summed E-state index contributed by atoms with van der Waals surface area (Å²) in [7, 11) is 1.57. The van der Waals surface area contributed by atoms with Gasteiger partial charge in [-0.2, -0.15) is 0 Å². The number of imide groups is 1. The van der Waals surface area contributed by atoms with Crippen molar-refractivity contribution in [3.8, 4) is 5.75 Å². The number of hydrogen-bond acceptors (Lipinski definition) is 4. The van der Waals surface area contributed by atoms with Crippen LogP contribution in [0, 0.1) is 35.5 Å². The molecule has 3 amide bonds. The highest BCUT2D eigenvalue weighted by atomic mass is 35.5. The van der Waals surface area contributed by atoms with E-state index in [1.165, 1.54) is 9.80 Å². The summed E-state index contributed by atoms with van der Waals surface area (Å²) < 4.78 is 5.24. The molecule has 1 aliphatic heterocycles.